The van der Waals surface area contributed by atoms with Gasteiger partial charge in [0.15, 0.2) is 0 Å². The van der Waals surface area contributed by atoms with E-state index in [0.29, 0.717) is 18.4 Å². The van der Waals surface area contributed by atoms with Crippen LogP contribution in [-0.2, 0) is 17.8 Å². The number of halogens is 1. The van der Waals surface area contributed by atoms with E-state index in [2.05, 4.69) is 28.6 Å². The van der Waals surface area contributed by atoms with Gasteiger partial charge in [0, 0.05) is 56.6 Å². The minimum Gasteiger partial charge on any atom is -0.338 e. The number of nitrogens with one attached hydrogen (secondary N) is 1. The zero-order valence-electron chi connectivity index (χ0n) is 12.5. The van der Waals surface area contributed by atoms with Crippen LogP contribution in [0.15, 0.2) is 11.4 Å². The van der Waals surface area contributed by atoms with Crippen molar-refractivity contribution in [2.45, 2.75) is 32.4 Å². The third-order valence-electron chi connectivity index (χ3n) is 4.41. The Morgan fingerprint density at radius 2 is 2.33 bits per heavy atom. The number of fused-ring (bicyclic) bond motifs is 1. The molecule has 6 heteroatoms. The first kappa shape index (κ1) is 16.7. The van der Waals surface area contributed by atoms with Gasteiger partial charge >= 0.3 is 0 Å². The maximum absolute atomic E-state index is 12.4. The van der Waals surface area contributed by atoms with Gasteiger partial charge in [0.25, 0.3) is 0 Å². The molecular weight excluding hydrogens is 306 g/mol. The summed E-state index contributed by atoms with van der Waals surface area (Å²) in [7, 11) is 0. The molecule has 1 aromatic rings. The average Bonchev–Trinajstić information content (AvgIpc) is 2.93. The van der Waals surface area contributed by atoms with E-state index >= 15 is 0 Å². The molecule has 1 amide bonds. The molecule has 1 N–H and O–H groups in total. The fourth-order valence-corrected chi connectivity index (χ4v) is 3.96. The van der Waals surface area contributed by atoms with E-state index in [1.165, 1.54) is 10.4 Å². The number of thiophene rings is 1. The van der Waals surface area contributed by atoms with E-state index in [4.69, 9.17) is 0 Å². The van der Waals surface area contributed by atoms with Gasteiger partial charge in [-0.25, -0.2) is 0 Å². The highest BCUT2D eigenvalue weighted by Gasteiger charge is 2.23. The lowest BCUT2D eigenvalue weighted by Crippen LogP contribution is -2.50. The van der Waals surface area contributed by atoms with E-state index in [9.17, 15) is 4.79 Å². The van der Waals surface area contributed by atoms with Gasteiger partial charge in [0.2, 0.25) is 5.91 Å². The molecule has 1 aromatic heterocycles. The van der Waals surface area contributed by atoms with Gasteiger partial charge in [-0.05, 0) is 30.4 Å². The van der Waals surface area contributed by atoms with Crippen LogP contribution in [0.1, 0.15) is 23.8 Å². The normalized spacial score (nSPS) is 22.5. The molecule has 0 spiro atoms. The number of rotatable bonds is 3. The highest BCUT2D eigenvalue weighted by atomic mass is 35.5. The lowest BCUT2D eigenvalue weighted by Gasteiger charge is -2.34. The van der Waals surface area contributed by atoms with Crippen molar-refractivity contribution in [1.82, 2.24) is 15.1 Å². The summed E-state index contributed by atoms with van der Waals surface area (Å²) in [6.45, 7) is 7.97. The topological polar surface area (TPSA) is 35.6 Å². The lowest BCUT2D eigenvalue weighted by molar-refractivity contribution is -0.132. The van der Waals surface area contributed by atoms with Gasteiger partial charge in [0.05, 0.1) is 0 Å². The minimum absolute atomic E-state index is 0. The first-order chi connectivity index (χ1) is 9.74. The molecule has 2 aliphatic heterocycles. The molecule has 21 heavy (non-hydrogen) atoms. The Morgan fingerprint density at radius 1 is 1.48 bits per heavy atom. The van der Waals surface area contributed by atoms with Crippen LogP contribution in [0.3, 0.4) is 0 Å². The fraction of sp³-hybridized carbons (Fsp3) is 0.667. The number of piperazine rings is 1. The van der Waals surface area contributed by atoms with Crippen LogP contribution in [0, 0.1) is 0 Å². The number of hydrogen-bond acceptors (Lipinski definition) is 4. The smallest absolute Gasteiger partial charge is 0.224 e. The molecule has 0 aliphatic carbocycles. The molecule has 0 unspecified atom stereocenters. The van der Waals surface area contributed by atoms with Gasteiger partial charge in [-0.2, -0.15) is 0 Å². The maximum atomic E-state index is 12.4. The third kappa shape index (κ3) is 3.97. The second-order valence-corrected chi connectivity index (χ2v) is 6.77. The van der Waals surface area contributed by atoms with Crippen molar-refractivity contribution in [3.63, 3.8) is 0 Å². The second kappa shape index (κ2) is 7.58. The van der Waals surface area contributed by atoms with Gasteiger partial charge in [-0.1, -0.05) is 0 Å². The van der Waals surface area contributed by atoms with E-state index in [1.54, 1.807) is 0 Å². The molecule has 0 saturated carbocycles. The van der Waals surface area contributed by atoms with Crippen molar-refractivity contribution in [2.24, 2.45) is 0 Å². The zero-order valence-corrected chi connectivity index (χ0v) is 14.1. The predicted molar refractivity (Wildman–Crippen MR) is 89.2 cm³/mol. The van der Waals surface area contributed by atoms with Crippen LogP contribution in [0.2, 0.25) is 0 Å². The maximum Gasteiger partial charge on any atom is 0.224 e. The minimum atomic E-state index is 0. The largest absolute Gasteiger partial charge is 0.338 e. The number of carbonyl (C=O) groups is 1. The van der Waals surface area contributed by atoms with Crippen LogP contribution >= 0.6 is 23.7 Å². The van der Waals surface area contributed by atoms with Crippen LogP contribution < -0.4 is 5.32 Å². The summed E-state index contributed by atoms with van der Waals surface area (Å²) in [6, 6.07) is 2.71. The molecule has 3 heterocycles. The van der Waals surface area contributed by atoms with E-state index in [0.717, 1.165) is 45.7 Å². The lowest BCUT2D eigenvalue weighted by atomic mass is 10.1. The molecule has 0 aromatic carbocycles. The first-order valence-electron chi connectivity index (χ1n) is 7.52. The molecule has 2 aliphatic rings. The van der Waals surface area contributed by atoms with Gasteiger partial charge in [0.1, 0.15) is 0 Å². The molecule has 1 fully saturated rings. The van der Waals surface area contributed by atoms with Crippen LogP contribution in [0.5, 0.6) is 0 Å². The average molecular weight is 330 g/mol. The van der Waals surface area contributed by atoms with Gasteiger partial charge in [-0.15, -0.1) is 23.7 Å². The third-order valence-corrected chi connectivity index (χ3v) is 5.44. The number of carbonyl (C=O) groups excluding carboxylic acids is 1. The van der Waals surface area contributed by atoms with E-state index in [1.807, 2.05) is 16.2 Å². The summed E-state index contributed by atoms with van der Waals surface area (Å²) < 4.78 is 0. The van der Waals surface area contributed by atoms with Crippen LogP contribution in [0.4, 0.5) is 0 Å². The Kier molecular flexibility index (Phi) is 6.05. The Balaban J connectivity index is 0.00000161. The highest BCUT2D eigenvalue weighted by molar-refractivity contribution is 7.10. The molecule has 1 saturated heterocycles. The Bertz CT molecular complexity index is 479. The van der Waals surface area contributed by atoms with Crippen molar-refractivity contribution >= 4 is 29.7 Å². The van der Waals surface area contributed by atoms with Gasteiger partial charge < -0.3 is 10.2 Å². The summed E-state index contributed by atoms with van der Waals surface area (Å²) in [5, 5.41) is 5.53. The summed E-state index contributed by atoms with van der Waals surface area (Å²) in [4.78, 5) is 18.3. The number of hydrogen-bond donors (Lipinski definition) is 1. The van der Waals surface area contributed by atoms with Gasteiger partial charge in [-0.3, -0.25) is 9.69 Å². The summed E-state index contributed by atoms with van der Waals surface area (Å²) >= 11 is 1.82. The summed E-state index contributed by atoms with van der Waals surface area (Å²) in [6.07, 6.45) is 1.69. The van der Waals surface area contributed by atoms with Crippen molar-refractivity contribution < 1.29 is 4.79 Å². The zero-order chi connectivity index (χ0) is 13.9. The SMILES string of the molecule is C[C@@H]1CNCCN1CCC(=O)N1CCc2sccc2C1.Cl. The Hall–Kier alpha value is -0.620. The molecular formula is C15H24ClN3OS. The van der Waals surface area contributed by atoms with Crippen molar-refractivity contribution in [2.75, 3.05) is 32.7 Å². The van der Waals surface area contributed by atoms with Crippen molar-refractivity contribution in [1.29, 1.82) is 0 Å². The number of amides is 1. The standard InChI is InChI=1S/C15H23N3OS.ClH/c1-12-10-16-5-8-17(12)7-3-15(19)18-6-2-14-13(11-18)4-9-20-14;/h4,9,12,16H,2-3,5-8,10-11H2,1H3;1H/t12-;/m1./s1. The Labute approximate surface area is 136 Å². The monoisotopic (exact) mass is 329 g/mol. The summed E-state index contributed by atoms with van der Waals surface area (Å²) in [5.74, 6) is 0.313. The Morgan fingerprint density at radius 3 is 3.14 bits per heavy atom. The highest BCUT2D eigenvalue weighted by Crippen LogP contribution is 2.24. The first-order valence-corrected chi connectivity index (χ1v) is 8.40. The van der Waals surface area contributed by atoms with Crippen molar-refractivity contribution in [3.8, 4) is 0 Å². The molecule has 118 valence electrons. The van der Waals surface area contributed by atoms with E-state index in [-0.39, 0.29) is 12.4 Å². The molecule has 0 radical (unpaired) electrons. The van der Waals surface area contributed by atoms with E-state index < -0.39 is 0 Å². The summed E-state index contributed by atoms with van der Waals surface area (Å²) in [5.41, 5.74) is 1.35. The fourth-order valence-electron chi connectivity index (χ4n) is 3.07. The molecule has 3 rings (SSSR count). The predicted octanol–water partition coefficient (Wildman–Crippen LogP) is 1.74. The molecule has 1 atom stereocenters. The molecule has 4 nitrogen and oxygen atoms in total. The van der Waals surface area contributed by atoms with Crippen LogP contribution in [0.25, 0.3) is 0 Å². The molecule has 0 bridgehead atoms. The number of nitrogens with zero attached hydrogens (tertiary/aromatic N) is 2. The van der Waals surface area contributed by atoms with Crippen molar-refractivity contribution in [3.05, 3.63) is 21.9 Å². The second-order valence-electron chi connectivity index (χ2n) is 5.77. The van der Waals surface area contributed by atoms with Crippen LogP contribution in [-0.4, -0.2) is 54.5 Å². The quantitative estimate of drug-likeness (QED) is 0.917.